The van der Waals surface area contributed by atoms with Crippen molar-refractivity contribution in [2.45, 2.75) is 51.0 Å². The summed E-state index contributed by atoms with van der Waals surface area (Å²) >= 11 is 6.02. The number of nitrogens with one attached hydrogen (secondary N) is 4. The van der Waals surface area contributed by atoms with Gasteiger partial charge in [-0.1, -0.05) is 31.2 Å². The van der Waals surface area contributed by atoms with E-state index in [1.165, 1.54) is 41.5 Å². The van der Waals surface area contributed by atoms with Crippen molar-refractivity contribution < 1.29 is 41.8 Å². The number of Topliss-reactive ketones (excluding diaryl/α,β-unsaturated/α-hetero) is 1. The topological polar surface area (TPSA) is 204 Å². The summed E-state index contributed by atoms with van der Waals surface area (Å²) in [7, 11) is 1.13. The normalized spacial score (nSPS) is 13.5. The van der Waals surface area contributed by atoms with Crippen molar-refractivity contribution in [2.24, 2.45) is 0 Å². The first-order valence-corrected chi connectivity index (χ1v) is 15.6. The molecule has 5 rings (SSSR count). The molecule has 2 heterocycles. The number of alkyl halides is 3. The number of carbonyl (C=O) groups is 4. The molecule has 0 radical (unpaired) electrons. The highest BCUT2D eigenvalue weighted by Gasteiger charge is 2.45. The molecule has 0 spiro atoms. The van der Waals surface area contributed by atoms with Crippen LogP contribution >= 0.6 is 11.6 Å². The van der Waals surface area contributed by atoms with Gasteiger partial charge in [0.2, 0.25) is 17.7 Å². The Morgan fingerprint density at radius 1 is 0.962 bits per heavy atom. The molecule has 2 amide bonds. The molecule has 1 saturated carbocycles. The van der Waals surface area contributed by atoms with Gasteiger partial charge in [0, 0.05) is 22.8 Å². The molecule has 0 unspecified atom stereocenters. The number of benzene rings is 2. The second kappa shape index (κ2) is 16.9. The van der Waals surface area contributed by atoms with Gasteiger partial charge in [0.25, 0.3) is 11.8 Å². The monoisotopic (exact) mass is 746 g/mol. The Morgan fingerprint density at radius 2 is 1.62 bits per heavy atom. The first kappa shape index (κ1) is 38.9. The van der Waals surface area contributed by atoms with Crippen LogP contribution in [0.3, 0.4) is 0 Å². The van der Waals surface area contributed by atoms with Crippen LogP contribution in [0.2, 0.25) is 5.02 Å². The highest BCUT2D eigenvalue weighted by molar-refractivity contribution is 6.36. The van der Waals surface area contributed by atoms with E-state index in [-0.39, 0.29) is 44.4 Å². The van der Waals surface area contributed by atoms with Crippen molar-refractivity contribution in [3.8, 4) is 6.01 Å². The SMILES string of the molecule is C.COC(=O)[C@H](CCNC(=O)C(=O)Cn1cnnc1)NC(=O)c1ccc(Nc2nc(NC3(c4ccc(Cl)cc4)CC3)nc(OCC(F)(F)F)n2)cc1. The number of hydrogen-bond acceptors (Lipinski definition) is 13. The van der Waals surface area contributed by atoms with E-state index in [9.17, 15) is 32.3 Å². The maximum atomic E-state index is 13.0. The molecule has 16 nitrogen and oxygen atoms in total. The summed E-state index contributed by atoms with van der Waals surface area (Å²) in [6.45, 7) is -2.03. The van der Waals surface area contributed by atoms with Crippen LogP contribution in [0.15, 0.2) is 61.2 Å². The number of esters is 1. The van der Waals surface area contributed by atoms with Crippen LogP contribution in [0, 0.1) is 0 Å². The van der Waals surface area contributed by atoms with Crippen molar-refractivity contribution in [1.29, 1.82) is 0 Å². The second-order valence-electron chi connectivity index (χ2n) is 11.2. The minimum Gasteiger partial charge on any atom is -0.467 e. The fourth-order valence-corrected chi connectivity index (χ4v) is 4.84. The number of methoxy groups -OCH3 is 1. The lowest BCUT2D eigenvalue weighted by Gasteiger charge is -2.19. The predicted octanol–water partition coefficient (Wildman–Crippen LogP) is 3.59. The average Bonchev–Trinajstić information content (AvgIpc) is 3.69. The van der Waals surface area contributed by atoms with Crippen LogP contribution in [0.5, 0.6) is 6.01 Å². The number of anilines is 3. The molecule has 1 aliphatic rings. The Bertz CT molecular complexity index is 1860. The van der Waals surface area contributed by atoms with Gasteiger partial charge in [0.15, 0.2) is 6.61 Å². The highest BCUT2D eigenvalue weighted by Crippen LogP contribution is 2.48. The molecule has 0 saturated heterocycles. The summed E-state index contributed by atoms with van der Waals surface area (Å²) in [6, 6.07) is 11.2. The molecule has 4 aromatic rings. The van der Waals surface area contributed by atoms with Gasteiger partial charge in [-0.15, -0.1) is 10.2 Å². The fourth-order valence-electron chi connectivity index (χ4n) is 4.71. The number of ether oxygens (including phenoxy) is 2. The molecule has 1 atom stereocenters. The number of ketones is 1. The minimum atomic E-state index is -4.63. The van der Waals surface area contributed by atoms with Crippen molar-refractivity contribution in [3.05, 3.63) is 77.3 Å². The zero-order chi connectivity index (χ0) is 36.6. The van der Waals surface area contributed by atoms with Crippen molar-refractivity contribution in [1.82, 2.24) is 40.3 Å². The van der Waals surface area contributed by atoms with Gasteiger partial charge in [0.1, 0.15) is 18.7 Å². The third-order valence-electron chi connectivity index (χ3n) is 7.44. The lowest BCUT2D eigenvalue weighted by atomic mass is 10.1. The average molecular weight is 747 g/mol. The third kappa shape index (κ3) is 10.8. The molecule has 52 heavy (non-hydrogen) atoms. The maximum Gasteiger partial charge on any atom is 0.422 e. The number of aromatic nitrogens is 6. The van der Waals surface area contributed by atoms with Crippen molar-refractivity contribution in [2.75, 3.05) is 30.9 Å². The molecule has 1 aliphatic carbocycles. The predicted molar refractivity (Wildman–Crippen MR) is 180 cm³/mol. The van der Waals surface area contributed by atoms with E-state index >= 15 is 0 Å². The molecule has 2 aromatic heterocycles. The van der Waals surface area contributed by atoms with Gasteiger partial charge in [0.05, 0.1) is 19.2 Å². The minimum absolute atomic E-state index is 0. The molecule has 0 bridgehead atoms. The van der Waals surface area contributed by atoms with Crippen LogP contribution < -0.4 is 26.0 Å². The van der Waals surface area contributed by atoms with Gasteiger partial charge in [-0.05, 0) is 61.2 Å². The molecule has 20 heteroatoms. The van der Waals surface area contributed by atoms with Gasteiger partial charge in [-0.3, -0.25) is 14.4 Å². The molecule has 0 aliphatic heterocycles. The highest BCUT2D eigenvalue weighted by atomic mass is 35.5. The molecule has 1 fully saturated rings. The zero-order valence-electron chi connectivity index (χ0n) is 26.7. The maximum absolute atomic E-state index is 13.0. The van der Waals surface area contributed by atoms with E-state index in [0.29, 0.717) is 23.6 Å². The quantitative estimate of drug-likeness (QED) is 0.0958. The van der Waals surface area contributed by atoms with E-state index in [0.717, 1.165) is 12.7 Å². The summed E-state index contributed by atoms with van der Waals surface area (Å²) in [5.74, 6) is -3.26. The largest absolute Gasteiger partial charge is 0.467 e. The first-order chi connectivity index (χ1) is 24.3. The smallest absolute Gasteiger partial charge is 0.422 e. The Hall–Kier alpha value is -5.85. The Labute approximate surface area is 299 Å². The van der Waals surface area contributed by atoms with Gasteiger partial charge in [-0.2, -0.15) is 28.1 Å². The van der Waals surface area contributed by atoms with Gasteiger partial charge >= 0.3 is 18.2 Å². The number of nitrogens with zero attached hydrogens (tertiary/aromatic N) is 6. The standard InChI is InChI=1S/C31H30ClF3N10O6.CH4/c1-50-26(49)22(10-13-36-25(48)23(46)14-45-16-37-38-17-45)40-24(47)18-2-8-21(9-3-18)39-27-41-28(43-29(42-27)51-15-31(33,34)35)44-30(11-12-30)19-4-6-20(32)7-5-19;/h2-9,16-17,22H,10-15H2,1H3,(H,36,48)(H,40,47)(H2,39,41,42,43,44);1H4/t22-;/m0./s1. The van der Waals surface area contributed by atoms with Gasteiger partial charge < -0.3 is 35.3 Å². The summed E-state index contributed by atoms with van der Waals surface area (Å²) in [6.07, 6.45) is -0.748. The summed E-state index contributed by atoms with van der Waals surface area (Å²) in [4.78, 5) is 61.9. The van der Waals surface area contributed by atoms with E-state index in [1.807, 2.05) is 12.1 Å². The molecule has 2 aromatic carbocycles. The zero-order valence-corrected chi connectivity index (χ0v) is 27.5. The lowest BCUT2D eigenvalue weighted by molar-refractivity contribution is -0.154. The lowest BCUT2D eigenvalue weighted by Crippen LogP contribution is -2.44. The van der Waals surface area contributed by atoms with Crippen LogP contribution in [-0.4, -0.2) is 85.8 Å². The molecule has 4 N–H and O–H groups in total. The summed E-state index contributed by atoms with van der Waals surface area (Å²) in [5, 5.41) is 18.6. The van der Waals surface area contributed by atoms with Gasteiger partial charge in [-0.25, -0.2) is 4.79 Å². The first-order valence-electron chi connectivity index (χ1n) is 15.2. The van der Waals surface area contributed by atoms with Crippen molar-refractivity contribution in [3.63, 3.8) is 0 Å². The van der Waals surface area contributed by atoms with Crippen LogP contribution in [-0.2, 0) is 31.2 Å². The summed E-state index contributed by atoms with van der Waals surface area (Å²) < 4.78 is 49.7. The second-order valence-corrected chi connectivity index (χ2v) is 11.7. The fraction of sp³-hybridized carbons (Fsp3) is 0.344. The summed E-state index contributed by atoms with van der Waals surface area (Å²) in [5.41, 5.74) is 0.826. The van der Waals surface area contributed by atoms with E-state index in [1.54, 1.807) is 12.1 Å². The van der Waals surface area contributed by atoms with Crippen molar-refractivity contribution >= 4 is 52.8 Å². The molecular weight excluding hydrogens is 713 g/mol. The molecule has 276 valence electrons. The Morgan fingerprint density at radius 3 is 2.23 bits per heavy atom. The third-order valence-corrected chi connectivity index (χ3v) is 7.69. The number of amides is 2. The molecular formula is C32H34ClF3N10O6. The van der Waals surface area contributed by atoms with Crippen LogP contribution in [0.1, 0.15) is 42.6 Å². The Kier molecular flexibility index (Phi) is 12.7. The van der Waals surface area contributed by atoms with Crippen LogP contribution in [0.25, 0.3) is 0 Å². The van der Waals surface area contributed by atoms with Crippen LogP contribution in [0.4, 0.5) is 30.8 Å². The van der Waals surface area contributed by atoms with E-state index < -0.39 is 53.9 Å². The number of halogens is 4. The Balaban J connectivity index is 0.00000605. The number of rotatable bonds is 16. The number of hydrogen-bond donors (Lipinski definition) is 4. The van der Waals surface area contributed by atoms with E-state index in [2.05, 4.69) is 46.4 Å². The number of carbonyl (C=O) groups excluding carboxylic acids is 4. The van der Waals surface area contributed by atoms with E-state index in [4.69, 9.17) is 21.1 Å².